The van der Waals surface area contributed by atoms with Gasteiger partial charge in [-0.05, 0) is 46.1 Å². The molecule has 0 aromatic carbocycles. The van der Waals surface area contributed by atoms with Crippen molar-refractivity contribution in [1.29, 1.82) is 0 Å². The Bertz CT molecular complexity index is 594. The first kappa shape index (κ1) is 15.5. The molecule has 1 aliphatic heterocycles. The molecule has 1 aliphatic rings. The van der Waals surface area contributed by atoms with Gasteiger partial charge in [0, 0.05) is 19.6 Å². The highest BCUT2D eigenvalue weighted by atomic mass is 32.2. The van der Waals surface area contributed by atoms with Gasteiger partial charge in [0.05, 0.1) is 11.4 Å². The minimum atomic E-state index is -3.50. The summed E-state index contributed by atoms with van der Waals surface area (Å²) >= 11 is 0. The monoisotopic (exact) mass is 300 g/mol. The molecule has 0 amide bonds. The molecular weight excluding hydrogens is 276 g/mol. The van der Waals surface area contributed by atoms with Gasteiger partial charge in [-0.2, -0.15) is 9.40 Å². The quantitative estimate of drug-likeness (QED) is 0.894. The predicted octanol–water partition coefficient (Wildman–Crippen LogP) is 0.785. The summed E-state index contributed by atoms with van der Waals surface area (Å²) in [4.78, 5) is 0.351. The Hall–Kier alpha value is -0.920. The van der Waals surface area contributed by atoms with E-state index in [1.54, 1.807) is 29.9 Å². The van der Waals surface area contributed by atoms with E-state index in [0.29, 0.717) is 29.4 Å². The summed E-state index contributed by atoms with van der Waals surface area (Å²) in [5.74, 6) is 0.248. The average Bonchev–Trinajstić information content (AvgIpc) is 2.64. The van der Waals surface area contributed by atoms with Crippen molar-refractivity contribution in [2.24, 2.45) is 18.7 Å². The van der Waals surface area contributed by atoms with Crippen LogP contribution >= 0.6 is 0 Å². The normalized spacial score (nSPS) is 25.1. The third-order valence-electron chi connectivity index (χ3n) is 4.27. The number of aromatic nitrogens is 2. The second-order valence-corrected chi connectivity index (χ2v) is 7.55. The molecule has 1 fully saturated rings. The molecule has 2 unspecified atom stereocenters. The molecule has 2 rings (SSSR count). The molecule has 0 saturated carbocycles. The van der Waals surface area contributed by atoms with Gasteiger partial charge in [-0.1, -0.05) is 0 Å². The highest BCUT2D eigenvalue weighted by molar-refractivity contribution is 7.89. The lowest BCUT2D eigenvalue weighted by Gasteiger charge is -2.36. The van der Waals surface area contributed by atoms with Gasteiger partial charge in [0.1, 0.15) is 4.90 Å². The van der Waals surface area contributed by atoms with Gasteiger partial charge in [0.2, 0.25) is 10.0 Å². The van der Waals surface area contributed by atoms with Crippen molar-refractivity contribution in [2.45, 2.75) is 44.6 Å². The molecule has 0 aliphatic carbocycles. The third-order valence-corrected chi connectivity index (χ3v) is 6.50. The fourth-order valence-electron chi connectivity index (χ4n) is 2.92. The van der Waals surface area contributed by atoms with Crippen LogP contribution < -0.4 is 5.73 Å². The highest BCUT2D eigenvalue weighted by Gasteiger charge is 2.37. The third kappa shape index (κ3) is 2.49. The van der Waals surface area contributed by atoms with Crippen molar-refractivity contribution in [3.63, 3.8) is 0 Å². The lowest BCUT2D eigenvalue weighted by Crippen LogP contribution is -2.47. The van der Waals surface area contributed by atoms with Gasteiger partial charge in [-0.25, -0.2) is 8.42 Å². The van der Waals surface area contributed by atoms with Crippen LogP contribution in [0.1, 0.15) is 31.2 Å². The van der Waals surface area contributed by atoms with Crippen molar-refractivity contribution in [3.8, 4) is 0 Å². The fraction of sp³-hybridized carbons (Fsp3) is 0.769. The summed E-state index contributed by atoms with van der Waals surface area (Å²) in [6.45, 7) is 6.54. The summed E-state index contributed by atoms with van der Waals surface area (Å²) in [5.41, 5.74) is 6.97. The summed E-state index contributed by atoms with van der Waals surface area (Å²) in [6.07, 6.45) is 1.86. The van der Waals surface area contributed by atoms with Crippen molar-refractivity contribution >= 4 is 10.0 Å². The van der Waals surface area contributed by atoms with E-state index < -0.39 is 10.0 Å². The van der Waals surface area contributed by atoms with Gasteiger partial charge < -0.3 is 5.73 Å². The van der Waals surface area contributed by atoms with E-state index in [9.17, 15) is 8.42 Å². The molecule has 0 bridgehead atoms. The molecule has 2 N–H and O–H groups in total. The van der Waals surface area contributed by atoms with Crippen LogP contribution in [0.2, 0.25) is 0 Å². The topological polar surface area (TPSA) is 81.2 Å². The van der Waals surface area contributed by atoms with Crippen LogP contribution in [0.15, 0.2) is 4.90 Å². The lowest BCUT2D eigenvalue weighted by atomic mass is 9.96. The number of rotatable bonds is 3. The number of hydrogen-bond donors (Lipinski definition) is 1. The molecule has 20 heavy (non-hydrogen) atoms. The summed E-state index contributed by atoms with van der Waals surface area (Å²) < 4.78 is 29.1. The SMILES string of the molecule is Cc1nn(C)c(C)c1S(=O)(=O)N1CC(CN)CCC1C. The Kier molecular flexibility index (Phi) is 4.22. The van der Waals surface area contributed by atoms with E-state index in [1.807, 2.05) is 6.92 Å². The molecule has 114 valence electrons. The van der Waals surface area contributed by atoms with E-state index in [4.69, 9.17) is 5.73 Å². The van der Waals surface area contributed by atoms with E-state index in [2.05, 4.69) is 5.10 Å². The molecular formula is C13H24N4O2S. The summed E-state index contributed by atoms with van der Waals surface area (Å²) in [5, 5.41) is 4.22. The Morgan fingerprint density at radius 2 is 2.00 bits per heavy atom. The second kappa shape index (κ2) is 5.46. The van der Waals surface area contributed by atoms with E-state index in [1.165, 1.54) is 0 Å². The zero-order valence-electron chi connectivity index (χ0n) is 12.6. The first-order chi connectivity index (χ1) is 9.28. The van der Waals surface area contributed by atoms with Crippen molar-refractivity contribution in [2.75, 3.05) is 13.1 Å². The zero-order chi connectivity index (χ0) is 15.1. The smallest absolute Gasteiger partial charge is 0.246 e. The van der Waals surface area contributed by atoms with Crippen molar-refractivity contribution in [1.82, 2.24) is 14.1 Å². The lowest BCUT2D eigenvalue weighted by molar-refractivity contribution is 0.211. The van der Waals surface area contributed by atoms with E-state index in [-0.39, 0.29) is 12.0 Å². The van der Waals surface area contributed by atoms with Gasteiger partial charge in [0.25, 0.3) is 0 Å². The van der Waals surface area contributed by atoms with Gasteiger partial charge >= 0.3 is 0 Å². The predicted molar refractivity (Wildman–Crippen MR) is 77.8 cm³/mol. The largest absolute Gasteiger partial charge is 0.330 e. The zero-order valence-corrected chi connectivity index (χ0v) is 13.4. The molecule has 0 radical (unpaired) electrons. The van der Waals surface area contributed by atoms with Crippen LogP contribution in [0.3, 0.4) is 0 Å². The first-order valence-corrected chi connectivity index (χ1v) is 8.45. The first-order valence-electron chi connectivity index (χ1n) is 7.01. The van der Waals surface area contributed by atoms with Gasteiger partial charge in [-0.15, -0.1) is 0 Å². The molecule has 1 aromatic rings. The molecule has 1 saturated heterocycles. The summed E-state index contributed by atoms with van der Waals surface area (Å²) in [6, 6.07) is 0.0156. The molecule has 0 spiro atoms. The maximum Gasteiger partial charge on any atom is 0.246 e. The molecule has 1 aromatic heterocycles. The maximum absolute atomic E-state index is 12.9. The highest BCUT2D eigenvalue weighted by Crippen LogP contribution is 2.30. The van der Waals surface area contributed by atoms with E-state index >= 15 is 0 Å². The maximum atomic E-state index is 12.9. The number of piperidine rings is 1. The van der Waals surface area contributed by atoms with Crippen molar-refractivity contribution < 1.29 is 8.42 Å². The molecule has 2 heterocycles. The molecule has 6 nitrogen and oxygen atoms in total. The molecule has 7 heteroatoms. The fourth-order valence-corrected chi connectivity index (χ4v) is 5.06. The van der Waals surface area contributed by atoms with Crippen LogP contribution in [0.4, 0.5) is 0 Å². The average molecular weight is 300 g/mol. The number of hydrogen-bond acceptors (Lipinski definition) is 4. The minimum Gasteiger partial charge on any atom is -0.330 e. The van der Waals surface area contributed by atoms with Crippen LogP contribution in [-0.2, 0) is 17.1 Å². The van der Waals surface area contributed by atoms with Crippen molar-refractivity contribution in [3.05, 3.63) is 11.4 Å². The Labute approximate surface area is 121 Å². The Morgan fingerprint density at radius 3 is 2.50 bits per heavy atom. The van der Waals surface area contributed by atoms with Crippen LogP contribution in [-0.4, -0.2) is 41.6 Å². The number of aryl methyl sites for hydroxylation is 2. The second-order valence-electron chi connectivity index (χ2n) is 5.73. The molecule has 2 atom stereocenters. The van der Waals surface area contributed by atoms with Crippen LogP contribution in [0, 0.1) is 19.8 Å². The van der Waals surface area contributed by atoms with Crippen LogP contribution in [0.5, 0.6) is 0 Å². The van der Waals surface area contributed by atoms with Crippen LogP contribution in [0.25, 0.3) is 0 Å². The summed E-state index contributed by atoms with van der Waals surface area (Å²) in [7, 11) is -1.73. The Morgan fingerprint density at radius 1 is 1.35 bits per heavy atom. The van der Waals surface area contributed by atoms with E-state index in [0.717, 1.165) is 12.8 Å². The minimum absolute atomic E-state index is 0.0156. The van der Waals surface area contributed by atoms with Gasteiger partial charge in [0.15, 0.2) is 0 Å². The number of nitrogens with two attached hydrogens (primary N) is 1. The number of sulfonamides is 1. The Balaban J connectivity index is 2.43. The number of nitrogens with zero attached hydrogens (tertiary/aromatic N) is 3. The van der Waals surface area contributed by atoms with Gasteiger partial charge in [-0.3, -0.25) is 4.68 Å². The standard InChI is InChI=1S/C13H24N4O2S/c1-9-5-6-12(7-14)8-17(9)20(18,19)13-10(2)15-16(4)11(13)3/h9,12H,5-8,14H2,1-4H3.